The van der Waals surface area contributed by atoms with Gasteiger partial charge in [0.05, 0.1) is 23.0 Å². The molecule has 2 rings (SSSR count). The summed E-state index contributed by atoms with van der Waals surface area (Å²) in [5, 5.41) is 4.63. The summed E-state index contributed by atoms with van der Waals surface area (Å²) in [4.78, 5) is 14.2. The number of carbonyl (C=O) groups excluding carboxylic acids is 1. The lowest BCUT2D eigenvalue weighted by molar-refractivity contribution is -0.148. The van der Waals surface area contributed by atoms with Gasteiger partial charge in [-0.2, -0.15) is 5.10 Å². The molecule has 1 saturated heterocycles. The number of halogens is 1. The molecule has 1 aliphatic rings. The molecule has 1 fully saturated rings. The summed E-state index contributed by atoms with van der Waals surface area (Å²) in [6.07, 6.45) is 4.00. The maximum absolute atomic E-state index is 12.0. The van der Waals surface area contributed by atoms with Crippen molar-refractivity contribution in [2.45, 2.75) is 58.7 Å². The third kappa shape index (κ3) is 3.48. The molecule has 6 heteroatoms. The highest BCUT2D eigenvalue weighted by atomic mass is 79.9. The number of methoxy groups -OCH3 is 1. The Bertz CT molecular complexity index is 501. The van der Waals surface area contributed by atoms with E-state index in [9.17, 15) is 4.79 Å². The van der Waals surface area contributed by atoms with E-state index >= 15 is 0 Å². The first kappa shape index (κ1) is 16.5. The minimum Gasteiger partial charge on any atom is -0.468 e. The molecule has 0 spiro atoms. The van der Waals surface area contributed by atoms with Gasteiger partial charge in [0.15, 0.2) is 0 Å². The third-order valence-corrected chi connectivity index (χ3v) is 5.05. The standard InChI is InChI=1S/C15H24BrN3O2/c1-4-11-14(16)13(19(5-2)17-11)10-18-9-7-6-8-12(18)15(20)21-3/h12H,4-10H2,1-3H3. The molecule has 0 radical (unpaired) electrons. The van der Waals surface area contributed by atoms with Crippen molar-refractivity contribution in [3.63, 3.8) is 0 Å². The van der Waals surface area contributed by atoms with Crippen molar-refractivity contribution < 1.29 is 9.53 Å². The molecule has 0 saturated carbocycles. The molecular formula is C15H24BrN3O2. The van der Waals surface area contributed by atoms with Gasteiger partial charge in [-0.1, -0.05) is 13.3 Å². The monoisotopic (exact) mass is 357 g/mol. The zero-order valence-corrected chi connectivity index (χ0v) is 14.6. The number of carbonyl (C=O) groups is 1. The van der Waals surface area contributed by atoms with E-state index in [-0.39, 0.29) is 12.0 Å². The number of aryl methyl sites for hydroxylation is 2. The SMILES string of the molecule is CCc1nn(CC)c(CN2CCCCC2C(=O)OC)c1Br. The van der Waals surface area contributed by atoms with E-state index in [1.54, 1.807) is 0 Å². The van der Waals surface area contributed by atoms with Crippen LogP contribution in [0.3, 0.4) is 0 Å². The van der Waals surface area contributed by atoms with Crippen molar-refractivity contribution in [3.8, 4) is 0 Å². The zero-order valence-electron chi connectivity index (χ0n) is 13.1. The molecule has 2 heterocycles. The molecule has 1 aromatic rings. The van der Waals surface area contributed by atoms with Gasteiger partial charge in [0.25, 0.3) is 0 Å². The Morgan fingerprint density at radius 2 is 2.19 bits per heavy atom. The predicted molar refractivity (Wildman–Crippen MR) is 85.0 cm³/mol. The predicted octanol–water partition coefficient (Wildman–Crippen LogP) is 2.76. The van der Waals surface area contributed by atoms with Gasteiger partial charge in [0.1, 0.15) is 6.04 Å². The first-order valence-electron chi connectivity index (χ1n) is 7.68. The van der Waals surface area contributed by atoms with E-state index in [0.29, 0.717) is 0 Å². The summed E-state index contributed by atoms with van der Waals surface area (Å²) in [5.74, 6) is -0.121. The second kappa shape index (κ2) is 7.40. The first-order chi connectivity index (χ1) is 10.1. The molecule has 0 bridgehead atoms. The van der Waals surface area contributed by atoms with Gasteiger partial charge in [-0.05, 0) is 48.7 Å². The van der Waals surface area contributed by atoms with Gasteiger partial charge >= 0.3 is 5.97 Å². The minimum atomic E-state index is -0.124. The number of rotatable bonds is 5. The Labute approximate surface area is 134 Å². The molecule has 21 heavy (non-hydrogen) atoms. The molecule has 5 nitrogen and oxygen atoms in total. The van der Waals surface area contributed by atoms with Gasteiger partial charge in [-0.25, -0.2) is 0 Å². The van der Waals surface area contributed by atoms with Gasteiger partial charge in [0, 0.05) is 13.1 Å². The lowest BCUT2D eigenvalue weighted by atomic mass is 10.0. The molecule has 0 aliphatic carbocycles. The van der Waals surface area contributed by atoms with Crippen LogP contribution in [0.25, 0.3) is 0 Å². The second-order valence-corrected chi connectivity index (χ2v) is 6.17. The fourth-order valence-electron chi connectivity index (χ4n) is 2.94. The van der Waals surface area contributed by atoms with E-state index in [2.05, 4.69) is 39.8 Å². The maximum Gasteiger partial charge on any atom is 0.323 e. The molecule has 1 aromatic heterocycles. The highest BCUT2D eigenvalue weighted by Gasteiger charge is 2.31. The van der Waals surface area contributed by atoms with E-state index < -0.39 is 0 Å². The van der Waals surface area contributed by atoms with E-state index in [0.717, 1.165) is 61.2 Å². The molecule has 1 atom stereocenters. The minimum absolute atomic E-state index is 0.121. The topological polar surface area (TPSA) is 47.4 Å². The van der Waals surface area contributed by atoms with Gasteiger partial charge in [-0.3, -0.25) is 14.4 Å². The van der Waals surface area contributed by atoms with Crippen LogP contribution in [0.15, 0.2) is 4.47 Å². The zero-order chi connectivity index (χ0) is 15.4. The molecular weight excluding hydrogens is 334 g/mol. The van der Waals surface area contributed by atoms with Crippen LogP contribution in [-0.4, -0.2) is 40.3 Å². The molecule has 1 unspecified atom stereocenters. The largest absolute Gasteiger partial charge is 0.468 e. The maximum atomic E-state index is 12.0. The summed E-state index contributed by atoms with van der Waals surface area (Å²) < 4.78 is 8.07. The summed E-state index contributed by atoms with van der Waals surface area (Å²) in [6.45, 7) is 6.71. The number of ether oxygens (including phenoxy) is 1. The van der Waals surface area contributed by atoms with Crippen molar-refractivity contribution in [1.82, 2.24) is 14.7 Å². The number of esters is 1. The Hall–Kier alpha value is -0.880. The highest BCUT2D eigenvalue weighted by Crippen LogP contribution is 2.27. The van der Waals surface area contributed by atoms with Gasteiger partial charge in [0.2, 0.25) is 0 Å². The van der Waals surface area contributed by atoms with Crippen molar-refractivity contribution in [2.75, 3.05) is 13.7 Å². The number of likely N-dealkylation sites (tertiary alicyclic amines) is 1. The summed E-state index contributed by atoms with van der Waals surface area (Å²) >= 11 is 3.68. The molecule has 118 valence electrons. The smallest absolute Gasteiger partial charge is 0.323 e. The lowest BCUT2D eigenvalue weighted by Crippen LogP contribution is -2.45. The molecule has 0 N–H and O–H groups in total. The number of nitrogens with zero attached hydrogens (tertiary/aromatic N) is 3. The Kier molecular flexibility index (Phi) is 5.81. The van der Waals surface area contributed by atoms with Crippen LogP contribution < -0.4 is 0 Å². The highest BCUT2D eigenvalue weighted by molar-refractivity contribution is 9.10. The number of piperidine rings is 1. The fourth-order valence-corrected chi connectivity index (χ4v) is 3.63. The number of hydrogen-bond donors (Lipinski definition) is 0. The number of hydrogen-bond acceptors (Lipinski definition) is 4. The van der Waals surface area contributed by atoms with Crippen molar-refractivity contribution >= 4 is 21.9 Å². The van der Waals surface area contributed by atoms with Crippen molar-refractivity contribution in [1.29, 1.82) is 0 Å². The van der Waals surface area contributed by atoms with Crippen molar-refractivity contribution in [2.24, 2.45) is 0 Å². The summed E-state index contributed by atoms with van der Waals surface area (Å²) in [6, 6.07) is -0.124. The van der Waals surface area contributed by atoms with Crippen LogP contribution in [0.2, 0.25) is 0 Å². The Morgan fingerprint density at radius 1 is 1.43 bits per heavy atom. The first-order valence-corrected chi connectivity index (χ1v) is 8.47. The number of aromatic nitrogens is 2. The van der Waals surface area contributed by atoms with E-state index in [4.69, 9.17) is 4.74 Å². The molecule has 0 aromatic carbocycles. The van der Waals surface area contributed by atoms with Crippen LogP contribution in [0.1, 0.15) is 44.5 Å². The van der Waals surface area contributed by atoms with Crippen LogP contribution >= 0.6 is 15.9 Å². The van der Waals surface area contributed by atoms with E-state index in [1.165, 1.54) is 7.11 Å². The summed E-state index contributed by atoms with van der Waals surface area (Å²) in [5.41, 5.74) is 2.24. The average Bonchev–Trinajstić information content (AvgIpc) is 2.83. The summed E-state index contributed by atoms with van der Waals surface area (Å²) in [7, 11) is 1.47. The second-order valence-electron chi connectivity index (χ2n) is 5.38. The van der Waals surface area contributed by atoms with E-state index in [1.807, 2.05) is 4.68 Å². The van der Waals surface area contributed by atoms with Gasteiger partial charge < -0.3 is 4.74 Å². The van der Waals surface area contributed by atoms with Crippen LogP contribution in [0, 0.1) is 0 Å². The Balaban J connectivity index is 2.22. The van der Waals surface area contributed by atoms with Crippen LogP contribution in [0.5, 0.6) is 0 Å². The quantitative estimate of drug-likeness (QED) is 0.760. The van der Waals surface area contributed by atoms with Gasteiger partial charge in [-0.15, -0.1) is 0 Å². The average molecular weight is 358 g/mol. The normalized spacial score (nSPS) is 19.7. The van der Waals surface area contributed by atoms with Crippen molar-refractivity contribution in [3.05, 3.63) is 15.9 Å². The third-order valence-electron chi connectivity index (χ3n) is 4.13. The molecule has 0 amide bonds. The lowest BCUT2D eigenvalue weighted by Gasteiger charge is -2.33. The molecule has 1 aliphatic heterocycles. The Morgan fingerprint density at radius 3 is 2.81 bits per heavy atom. The van der Waals surface area contributed by atoms with Crippen LogP contribution in [0.4, 0.5) is 0 Å². The fraction of sp³-hybridized carbons (Fsp3) is 0.733. The van der Waals surface area contributed by atoms with Crippen LogP contribution in [-0.2, 0) is 29.0 Å².